The minimum atomic E-state index is 0.268. The van der Waals surface area contributed by atoms with Crippen LogP contribution in [0.1, 0.15) is 5.56 Å². The first kappa shape index (κ1) is 19.0. The average molecular weight is 366 g/mol. The number of phenolic OH excluding ortho intramolecular Hbond substituents is 2. The second-order valence-electron chi connectivity index (χ2n) is 6.25. The molecule has 0 heterocycles. The van der Waals surface area contributed by atoms with Gasteiger partial charge in [0.15, 0.2) is 0 Å². The first-order valence-corrected chi connectivity index (χ1v) is 9.02. The zero-order chi connectivity index (χ0) is 19.8. The van der Waals surface area contributed by atoms with Crippen molar-refractivity contribution in [2.45, 2.75) is 0 Å². The summed E-state index contributed by atoms with van der Waals surface area (Å²) >= 11 is 0. The Bertz CT molecular complexity index is 1020. The Morgan fingerprint density at radius 2 is 1.04 bits per heavy atom. The fourth-order valence-electron chi connectivity index (χ4n) is 2.88. The maximum atomic E-state index is 9.37. The first-order valence-electron chi connectivity index (χ1n) is 9.02. The van der Waals surface area contributed by atoms with Crippen LogP contribution >= 0.6 is 0 Å². The summed E-state index contributed by atoms with van der Waals surface area (Å²) in [5.41, 5.74) is 5.46. The van der Waals surface area contributed by atoms with E-state index in [0.29, 0.717) is 5.75 Å². The van der Waals surface area contributed by atoms with Crippen LogP contribution in [-0.4, -0.2) is 10.2 Å². The zero-order valence-electron chi connectivity index (χ0n) is 15.5. The molecule has 4 rings (SSSR count). The van der Waals surface area contributed by atoms with Crippen molar-refractivity contribution in [2.75, 3.05) is 0 Å². The zero-order valence-corrected chi connectivity index (χ0v) is 15.5. The molecule has 0 aliphatic heterocycles. The third kappa shape index (κ3) is 4.89. The quantitative estimate of drug-likeness (QED) is 0.420. The van der Waals surface area contributed by atoms with E-state index in [4.69, 9.17) is 5.11 Å². The number of rotatable bonds is 3. The summed E-state index contributed by atoms with van der Waals surface area (Å²) in [6.45, 7) is 3.75. The molecular formula is C26H22O2. The van der Waals surface area contributed by atoms with Crippen molar-refractivity contribution in [3.63, 3.8) is 0 Å². The third-order valence-electron chi connectivity index (χ3n) is 4.31. The molecule has 4 aromatic rings. The van der Waals surface area contributed by atoms with Crippen LogP contribution in [0.2, 0.25) is 0 Å². The molecule has 0 unspecified atom stereocenters. The van der Waals surface area contributed by atoms with Crippen LogP contribution in [0.4, 0.5) is 0 Å². The van der Waals surface area contributed by atoms with Crippen LogP contribution in [0.5, 0.6) is 11.5 Å². The molecule has 0 aromatic heterocycles. The molecule has 0 aliphatic carbocycles. The Morgan fingerprint density at radius 3 is 1.61 bits per heavy atom. The van der Waals surface area contributed by atoms with Crippen LogP contribution in [0, 0.1) is 0 Å². The molecule has 2 nitrogen and oxygen atoms in total. The van der Waals surface area contributed by atoms with Crippen LogP contribution in [0.15, 0.2) is 110 Å². The molecule has 0 saturated heterocycles. The first-order chi connectivity index (χ1) is 13.7. The molecule has 0 aliphatic rings. The smallest absolute Gasteiger partial charge is 0.116 e. The van der Waals surface area contributed by atoms with Gasteiger partial charge < -0.3 is 10.2 Å². The van der Waals surface area contributed by atoms with E-state index in [1.54, 1.807) is 30.3 Å². The van der Waals surface area contributed by atoms with Gasteiger partial charge in [0.1, 0.15) is 11.5 Å². The highest BCUT2D eigenvalue weighted by molar-refractivity contribution is 5.75. The van der Waals surface area contributed by atoms with Crippen LogP contribution in [0.3, 0.4) is 0 Å². The van der Waals surface area contributed by atoms with Crippen molar-refractivity contribution < 1.29 is 10.2 Å². The molecule has 2 heteroatoms. The van der Waals surface area contributed by atoms with Gasteiger partial charge in [0.05, 0.1) is 0 Å². The van der Waals surface area contributed by atoms with Gasteiger partial charge in [0, 0.05) is 0 Å². The fourth-order valence-corrected chi connectivity index (χ4v) is 2.88. The molecule has 28 heavy (non-hydrogen) atoms. The molecule has 0 saturated carbocycles. The molecule has 2 N–H and O–H groups in total. The summed E-state index contributed by atoms with van der Waals surface area (Å²) in [5.74, 6) is 0.573. The van der Waals surface area contributed by atoms with E-state index in [1.165, 1.54) is 5.56 Å². The van der Waals surface area contributed by atoms with Gasteiger partial charge in [-0.25, -0.2) is 0 Å². The molecule has 0 radical (unpaired) electrons. The maximum Gasteiger partial charge on any atom is 0.116 e. The number of benzene rings is 4. The monoisotopic (exact) mass is 366 g/mol. The van der Waals surface area contributed by atoms with Crippen molar-refractivity contribution in [1.29, 1.82) is 0 Å². The Kier molecular flexibility index (Phi) is 6.27. The van der Waals surface area contributed by atoms with E-state index in [1.807, 2.05) is 78.9 Å². The highest BCUT2D eigenvalue weighted by Crippen LogP contribution is 2.27. The van der Waals surface area contributed by atoms with Crippen molar-refractivity contribution in [1.82, 2.24) is 0 Å². The minimum absolute atomic E-state index is 0.268. The van der Waals surface area contributed by atoms with Gasteiger partial charge in [-0.2, -0.15) is 0 Å². The highest BCUT2D eigenvalue weighted by Gasteiger charge is 2.02. The van der Waals surface area contributed by atoms with Crippen molar-refractivity contribution in [3.8, 4) is 33.8 Å². The van der Waals surface area contributed by atoms with E-state index in [0.717, 1.165) is 22.3 Å². The van der Waals surface area contributed by atoms with Crippen LogP contribution < -0.4 is 0 Å². The van der Waals surface area contributed by atoms with E-state index in [9.17, 15) is 5.11 Å². The largest absolute Gasteiger partial charge is 0.508 e. The molecular weight excluding hydrogens is 344 g/mol. The lowest BCUT2D eigenvalue weighted by Gasteiger charge is -2.06. The number of hydrogen-bond acceptors (Lipinski definition) is 2. The molecule has 0 bridgehead atoms. The number of aromatic hydroxyl groups is 2. The SMILES string of the molecule is C=Cc1cc(O)ccc1-c1ccccc1.Oc1ccc(-c2ccccc2)cc1. The second kappa shape index (κ2) is 9.24. The van der Waals surface area contributed by atoms with E-state index < -0.39 is 0 Å². The Morgan fingerprint density at radius 1 is 0.536 bits per heavy atom. The lowest BCUT2D eigenvalue weighted by molar-refractivity contribution is 0.475. The third-order valence-corrected chi connectivity index (χ3v) is 4.31. The topological polar surface area (TPSA) is 40.5 Å². The molecule has 138 valence electrons. The van der Waals surface area contributed by atoms with E-state index in [-0.39, 0.29) is 5.75 Å². The molecule has 4 aromatic carbocycles. The van der Waals surface area contributed by atoms with Gasteiger partial charge in [-0.15, -0.1) is 0 Å². The normalized spacial score (nSPS) is 9.86. The van der Waals surface area contributed by atoms with Crippen LogP contribution in [-0.2, 0) is 0 Å². The van der Waals surface area contributed by atoms with Crippen molar-refractivity contribution in [2.24, 2.45) is 0 Å². The summed E-state index contributed by atoms with van der Waals surface area (Å²) < 4.78 is 0. The summed E-state index contributed by atoms with van der Waals surface area (Å²) in [7, 11) is 0. The lowest BCUT2D eigenvalue weighted by atomic mass is 9.99. The van der Waals surface area contributed by atoms with Gasteiger partial charge in [-0.1, -0.05) is 91.5 Å². The standard InChI is InChI=1S/C14H12O.C12H10O/c1-2-11-10-13(15)8-9-14(11)12-6-4-3-5-7-12;13-12-8-6-11(7-9-12)10-4-2-1-3-5-10/h2-10,15H,1H2;1-9,13H. The van der Waals surface area contributed by atoms with Crippen LogP contribution in [0.25, 0.3) is 28.3 Å². The fraction of sp³-hybridized carbons (Fsp3) is 0. The number of hydrogen-bond donors (Lipinski definition) is 2. The average Bonchev–Trinajstić information content (AvgIpc) is 2.76. The van der Waals surface area contributed by atoms with E-state index >= 15 is 0 Å². The van der Waals surface area contributed by atoms with Gasteiger partial charge in [-0.05, 0) is 52.1 Å². The van der Waals surface area contributed by atoms with Gasteiger partial charge in [-0.3, -0.25) is 0 Å². The van der Waals surface area contributed by atoms with Crippen molar-refractivity contribution >= 4 is 6.08 Å². The molecule has 0 fully saturated rings. The second-order valence-corrected chi connectivity index (χ2v) is 6.25. The predicted octanol–water partition coefficient (Wildman–Crippen LogP) is 6.76. The molecule has 0 amide bonds. The molecule has 0 atom stereocenters. The van der Waals surface area contributed by atoms with Crippen molar-refractivity contribution in [3.05, 3.63) is 115 Å². The minimum Gasteiger partial charge on any atom is -0.508 e. The maximum absolute atomic E-state index is 9.37. The molecule has 0 spiro atoms. The lowest BCUT2D eigenvalue weighted by Crippen LogP contribution is -1.82. The summed E-state index contributed by atoms with van der Waals surface area (Å²) in [5, 5.41) is 18.5. The van der Waals surface area contributed by atoms with Gasteiger partial charge in [0.25, 0.3) is 0 Å². The Hall–Kier alpha value is -3.78. The Balaban J connectivity index is 0.000000162. The summed E-state index contributed by atoms with van der Waals surface area (Å²) in [6, 6.07) is 32.7. The number of phenols is 2. The summed E-state index contributed by atoms with van der Waals surface area (Å²) in [4.78, 5) is 0. The van der Waals surface area contributed by atoms with Gasteiger partial charge >= 0.3 is 0 Å². The van der Waals surface area contributed by atoms with E-state index in [2.05, 4.69) is 6.58 Å². The van der Waals surface area contributed by atoms with Gasteiger partial charge in [0.2, 0.25) is 0 Å². The summed E-state index contributed by atoms with van der Waals surface area (Å²) in [6.07, 6.45) is 1.75. The Labute approximate surface area is 165 Å². The predicted molar refractivity (Wildman–Crippen MR) is 117 cm³/mol. The highest BCUT2D eigenvalue weighted by atomic mass is 16.3.